The van der Waals surface area contributed by atoms with E-state index in [0.717, 1.165) is 47.3 Å². The van der Waals surface area contributed by atoms with Crippen molar-refractivity contribution in [3.8, 4) is 17.0 Å². The topological polar surface area (TPSA) is 224 Å². The molecule has 0 fully saturated rings. The van der Waals surface area contributed by atoms with Gasteiger partial charge in [-0.1, -0.05) is 85.6 Å². The van der Waals surface area contributed by atoms with E-state index in [1.54, 1.807) is 46.1 Å². The van der Waals surface area contributed by atoms with Crippen molar-refractivity contribution in [2.75, 3.05) is 25.0 Å². The Morgan fingerprint density at radius 1 is 0.725 bits per heavy atom. The van der Waals surface area contributed by atoms with Crippen LogP contribution in [0.1, 0.15) is 109 Å². The van der Waals surface area contributed by atoms with E-state index in [9.17, 15) is 33.6 Å². The average molecular weight is 949 g/mol. The SMILES string of the molecule is CC(=O)NC(CC(=O)OC(C)(C)C)C(=O)NCC(=O)NC(CC(=O)OC(C)(C)C)C(=O)NCCCCCCOc1cccc(CC2Nc3c(Cc4ccccc4)nc(-c4ccccc4)c[n+]3C2=O)c1. The average Bonchev–Trinajstić information content (AvgIpc) is 3.59. The molecule has 3 unspecified atom stereocenters. The Kier molecular flexibility index (Phi) is 18.9. The normalized spacial score (nSPS) is 14.0. The Morgan fingerprint density at radius 3 is 1.96 bits per heavy atom. The summed E-state index contributed by atoms with van der Waals surface area (Å²) in [6, 6.07) is 24.5. The highest BCUT2D eigenvalue weighted by molar-refractivity contribution is 5.95. The lowest BCUT2D eigenvalue weighted by molar-refractivity contribution is -0.552. The number of amides is 4. The zero-order chi connectivity index (χ0) is 50.1. The molecule has 5 N–H and O–H groups in total. The summed E-state index contributed by atoms with van der Waals surface area (Å²) < 4.78 is 18.4. The predicted octanol–water partition coefficient (Wildman–Crippen LogP) is 4.93. The number of aromatic nitrogens is 2. The summed E-state index contributed by atoms with van der Waals surface area (Å²) in [5.74, 6) is -2.89. The molecule has 4 aromatic rings. The summed E-state index contributed by atoms with van der Waals surface area (Å²) in [6.45, 7) is 11.3. The number of anilines is 1. The van der Waals surface area contributed by atoms with Crippen LogP contribution < -0.4 is 35.9 Å². The second-order valence-electron chi connectivity index (χ2n) is 18.9. The summed E-state index contributed by atoms with van der Waals surface area (Å²) in [5, 5.41) is 13.5. The molecule has 17 heteroatoms. The molecule has 1 aliphatic rings. The minimum absolute atomic E-state index is 0.0567. The van der Waals surface area contributed by atoms with E-state index in [1.807, 2.05) is 79.0 Å². The molecule has 368 valence electrons. The summed E-state index contributed by atoms with van der Waals surface area (Å²) >= 11 is 0. The molecule has 0 radical (unpaired) electrons. The van der Waals surface area contributed by atoms with Crippen LogP contribution in [0.2, 0.25) is 0 Å². The standard InChI is InChI=1S/C52H65N7O10/c1-34(60)55-40(30-45(62)68-51(2,3)4)49(65)54-32-44(61)57-41(31-46(63)69-52(5,6)7)48(64)53-25-16-8-9-17-26-67-38-24-18-21-36(27-38)29-42-50(66)59-33-43(37-22-14-11-15-23-37)56-39(47(59)58-42)28-35-19-12-10-13-20-35/h10-15,18-24,27,33,40-42H,8-9,16-17,25-26,28-32H2,1-7H3,(H4,53,54,55,57,60,61,64,65)/p+1. The predicted molar refractivity (Wildman–Crippen MR) is 258 cm³/mol. The minimum atomic E-state index is -1.31. The van der Waals surface area contributed by atoms with Gasteiger partial charge >= 0.3 is 23.7 Å². The molecule has 5 rings (SSSR count). The molecule has 2 heterocycles. The third kappa shape index (κ3) is 17.8. The van der Waals surface area contributed by atoms with E-state index in [-0.39, 0.29) is 12.5 Å². The van der Waals surface area contributed by atoms with Crippen LogP contribution in [0.15, 0.2) is 91.1 Å². The van der Waals surface area contributed by atoms with E-state index in [2.05, 4.69) is 38.7 Å². The molecule has 1 aliphatic heterocycles. The largest absolute Gasteiger partial charge is 0.494 e. The van der Waals surface area contributed by atoms with Crippen molar-refractivity contribution >= 4 is 47.3 Å². The van der Waals surface area contributed by atoms with Crippen molar-refractivity contribution in [1.29, 1.82) is 0 Å². The number of carbonyl (C=O) groups is 7. The van der Waals surface area contributed by atoms with Gasteiger partial charge in [0.25, 0.3) is 0 Å². The first kappa shape index (κ1) is 52.8. The number of carbonyl (C=O) groups excluding carboxylic acids is 7. The lowest BCUT2D eigenvalue weighted by Gasteiger charge is -2.23. The highest BCUT2D eigenvalue weighted by Gasteiger charge is 2.41. The van der Waals surface area contributed by atoms with Crippen LogP contribution in [-0.2, 0) is 51.1 Å². The Bertz CT molecular complexity index is 2430. The Hall–Kier alpha value is -7.17. The van der Waals surface area contributed by atoms with Gasteiger partial charge in [-0.15, -0.1) is 0 Å². The monoisotopic (exact) mass is 948 g/mol. The van der Waals surface area contributed by atoms with Crippen molar-refractivity contribution in [1.82, 2.24) is 26.3 Å². The van der Waals surface area contributed by atoms with Gasteiger partial charge in [0.05, 0.1) is 26.0 Å². The van der Waals surface area contributed by atoms with Gasteiger partial charge in [-0.3, -0.25) is 34.1 Å². The fourth-order valence-corrected chi connectivity index (χ4v) is 7.48. The van der Waals surface area contributed by atoms with Crippen molar-refractivity contribution in [3.05, 3.63) is 108 Å². The van der Waals surface area contributed by atoms with Crippen LogP contribution in [-0.4, -0.2) is 95.5 Å². The number of unbranched alkanes of at least 4 members (excludes halogenated alkanes) is 3. The Labute approximate surface area is 403 Å². The van der Waals surface area contributed by atoms with E-state index in [0.29, 0.717) is 37.4 Å². The molecule has 0 bridgehead atoms. The second-order valence-corrected chi connectivity index (χ2v) is 18.9. The van der Waals surface area contributed by atoms with Crippen LogP contribution in [0.25, 0.3) is 11.3 Å². The highest BCUT2D eigenvalue weighted by Crippen LogP contribution is 2.26. The first-order valence-corrected chi connectivity index (χ1v) is 23.4. The minimum Gasteiger partial charge on any atom is -0.494 e. The van der Waals surface area contributed by atoms with Crippen molar-refractivity contribution in [2.45, 2.75) is 129 Å². The number of esters is 2. The molecule has 3 aromatic carbocycles. The molecule has 0 saturated heterocycles. The molecular formula is C52H66N7O10+. The third-order valence-electron chi connectivity index (χ3n) is 10.5. The summed E-state index contributed by atoms with van der Waals surface area (Å²) in [6.07, 6.45) is 4.82. The molecule has 0 saturated carbocycles. The molecule has 17 nitrogen and oxygen atoms in total. The molecule has 69 heavy (non-hydrogen) atoms. The van der Waals surface area contributed by atoms with Crippen molar-refractivity contribution in [2.24, 2.45) is 0 Å². The van der Waals surface area contributed by atoms with Crippen LogP contribution in [0.4, 0.5) is 5.82 Å². The highest BCUT2D eigenvalue weighted by atomic mass is 16.6. The van der Waals surface area contributed by atoms with Crippen LogP contribution in [0, 0.1) is 0 Å². The van der Waals surface area contributed by atoms with Gasteiger partial charge in [0, 0.05) is 31.9 Å². The maximum atomic E-state index is 13.9. The number of nitrogens with one attached hydrogen (secondary N) is 5. The van der Waals surface area contributed by atoms with Crippen LogP contribution in [0.3, 0.4) is 0 Å². The lowest BCUT2D eigenvalue weighted by Crippen LogP contribution is -2.53. The van der Waals surface area contributed by atoms with E-state index < -0.39 is 84.3 Å². The zero-order valence-corrected chi connectivity index (χ0v) is 40.6. The van der Waals surface area contributed by atoms with Gasteiger partial charge in [0.2, 0.25) is 23.6 Å². The number of fused-ring (bicyclic) bond motifs is 1. The number of benzene rings is 3. The van der Waals surface area contributed by atoms with Gasteiger partial charge < -0.3 is 35.5 Å². The fourth-order valence-electron chi connectivity index (χ4n) is 7.48. The molecule has 1 aromatic heterocycles. The first-order valence-electron chi connectivity index (χ1n) is 23.4. The van der Waals surface area contributed by atoms with Gasteiger partial charge in [0.15, 0.2) is 6.04 Å². The quantitative estimate of drug-likeness (QED) is 0.0380. The molecular weight excluding hydrogens is 883 g/mol. The summed E-state index contributed by atoms with van der Waals surface area (Å²) in [7, 11) is 0. The summed E-state index contributed by atoms with van der Waals surface area (Å²) in [5.41, 5.74) is 2.82. The number of ether oxygens (including phenoxy) is 3. The van der Waals surface area contributed by atoms with Crippen LogP contribution >= 0.6 is 0 Å². The summed E-state index contributed by atoms with van der Waals surface area (Å²) in [4.78, 5) is 94.9. The molecule has 0 spiro atoms. The number of nitrogens with zero attached hydrogens (tertiary/aromatic N) is 2. The number of rotatable bonds is 23. The zero-order valence-electron chi connectivity index (χ0n) is 40.6. The van der Waals surface area contributed by atoms with E-state index in [1.165, 1.54) is 6.92 Å². The van der Waals surface area contributed by atoms with Gasteiger partial charge in [-0.2, -0.15) is 4.57 Å². The number of hydrogen-bond donors (Lipinski definition) is 5. The molecule has 3 atom stereocenters. The first-order chi connectivity index (χ1) is 32.7. The van der Waals surface area contributed by atoms with Crippen molar-refractivity contribution in [3.63, 3.8) is 0 Å². The van der Waals surface area contributed by atoms with Crippen molar-refractivity contribution < 1.29 is 52.3 Å². The van der Waals surface area contributed by atoms with E-state index >= 15 is 0 Å². The molecule has 0 aliphatic carbocycles. The van der Waals surface area contributed by atoms with Gasteiger partial charge in [0.1, 0.15) is 46.6 Å². The third-order valence-corrected chi connectivity index (χ3v) is 10.5. The maximum Gasteiger partial charge on any atom is 0.359 e. The van der Waals surface area contributed by atoms with Gasteiger partial charge in [-0.05, 0) is 77.6 Å². The second kappa shape index (κ2) is 24.7. The van der Waals surface area contributed by atoms with E-state index in [4.69, 9.17) is 19.2 Å². The molecule has 4 amide bonds. The van der Waals surface area contributed by atoms with Crippen LogP contribution in [0.5, 0.6) is 5.75 Å². The number of hydrogen-bond acceptors (Lipinski definition) is 12. The Balaban J connectivity index is 1.07. The Morgan fingerprint density at radius 2 is 1.32 bits per heavy atom. The fraction of sp³-hybridized carbons (Fsp3) is 0.442. The lowest BCUT2D eigenvalue weighted by atomic mass is 10.1. The van der Waals surface area contributed by atoms with Gasteiger partial charge in [-0.25, -0.2) is 9.78 Å². The smallest absolute Gasteiger partial charge is 0.359 e. The maximum absolute atomic E-state index is 13.9.